The Labute approximate surface area is 185 Å². The van der Waals surface area contributed by atoms with Gasteiger partial charge in [-0.1, -0.05) is 59.7 Å². The molecule has 3 N–H and O–H groups in total. The zero-order chi connectivity index (χ0) is 23.5. The van der Waals surface area contributed by atoms with E-state index in [0.717, 1.165) is 22.3 Å². The zero-order valence-electron chi connectivity index (χ0n) is 17.9. The molecular weight excluding hydrogens is 421 g/mol. The van der Waals surface area contributed by atoms with Crippen molar-refractivity contribution >= 4 is 11.8 Å². The molecule has 5 nitrogen and oxygen atoms in total. The first-order valence-corrected chi connectivity index (χ1v) is 10.5. The van der Waals surface area contributed by atoms with Gasteiger partial charge in [-0.05, 0) is 43.7 Å². The molecule has 3 atom stereocenters. The van der Waals surface area contributed by atoms with Crippen molar-refractivity contribution in [3.05, 3.63) is 70.8 Å². The van der Waals surface area contributed by atoms with Crippen LogP contribution in [0.3, 0.4) is 0 Å². The molecule has 0 spiro atoms. The molecule has 3 rings (SSSR count). The number of carbonyl (C=O) groups excluding carboxylic acids is 2. The lowest BCUT2D eigenvalue weighted by Gasteiger charge is -2.37. The molecule has 172 valence electrons. The molecule has 0 radical (unpaired) electrons. The first kappa shape index (κ1) is 23.8. The fourth-order valence-corrected chi connectivity index (χ4v) is 4.06. The normalized spacial score (nSPS) is 21.3. The van der Waals surface area contributed by atoms with Crippen LogP contribution in [0.1, 0.15) is 41.1 Å². The van der Waals surface area contributed by atoms with Crippen molar-refractivity contribution in [3.8, 4) is 0 Å². The van der Waals surface area contributed by atoms with Crippen molar-refractivity contribution in [1.29, 1.82) is 0 Å². The molecule has 1 heterocycles. The number of aliphatic hydroxyl groups excluding tert-OH is 1. The first-order valence-electron chi connectivity index (χ1n) is 10.5. The Bertz CT molecular complexity index is 897. The summed E-state index contributed by atoms with van der Waals surface area (Å²) in [7, 11) is 0. The Kier molecular flexibility index (Phi) is 7.23. The van der Waals surface area contributed by atoms with Crippen molar-refractivity contribution in [1.82, 2.24) is 10.6 Å². The number of rotatable bonds is 6. The molecule has 0 saturated carbocycles. The number of halogens is 3. The Morgan fingerprint density at radius 1 is 1.06 bits per heavy atom. The molecule has 1 fully saturated rings. The van der Waals surface area contributed by atoms with Crippen LogP contribution in [-0.4, -0.2) is 35.7 Å². The molecule has 0 aliphatic carbocycles. The molecule has 0 bridgehead atoms. The summed E-state index contributed by atoms with van der Waals surface area (Å²) in [4.78, 5) is 25.5. The molecule has 2 aromatic rings. The molecule has 1 saturated heterocycles. The fourth-order valence-electron chi connectivity index (χ4n) is 4.06. The summed E-state index contributed by atoms with van der Waals surface area (Å²) in [5, 5.41) is 14.0. The highest BCUT2D eigenvalue weighted by Gasteiger charge is 2.51. The zero-order valence-corrected chi connectivity index (χ0v) is 17.9. The highest BCUT2D eigenvalue weighted by molar-refractivity contribution is 6.01. The number of benzene rings is 2. The summed E-state index contributed by atoms with van der Waals surface area (Å²) in [6, 6.07) is 12.5. The van der Waals surface area contributed by atoms with Gasteiger partial charge >= 0.3 is 6.18 Å². The molecule has 8 heteroatoms. The van der Waals surface area contributed by atoms with Crippen LogP contribution in [0.4, 0.5) is 13.2 Å². The van der Waals surface area contributed by atoms with Crippen LogP contribution in [0.5, 0.6) is 0 Å². The van der Waals surface area contributed by atoms with E-state index in [1.54, 1.807) is 0 Å². The van der Waals surface area contributed by atoms with Gasteiger partial charge in [0.15, 0.2) is 0 Å². The third kappa shape index (κ3) is 5.48. The predicted molar refractivity (Wildman–Crippen MR) is 114 cm³/mol. The first-order chi connectivity index (χ1) is 15.1. The van der Waals surface area contributed by atoms with E-state index < -0.39 is 48.5 Å². The molecule has 32 heavy (non-hydrogen) atoms. The number of hydrogen-bond acceptors (Lipinski definition) is 3. The van der Waals surface area contributed by atoms with Gasteiger partial charge in [0, 0.05) is 6.61 Å². The molecule has 0 aromatic heterocycles. The summed E-state index contributed by atoms with van der Waals surface area (Å²) < 4.78 is 40.0. The highest BCUT2D eigenvalue weighted by Crippen LogP contribution is 2.35. The van der Waals surface area contributed by atoms with Gasteiger partial charge in [-0.15, -0.1) is 0 Å². The van der Waals surface area contributed by atoms with Gasteiger partial charge in [-0.3, -0.25) is 9.59 Å². The second-order valence-electron chi connectivity index (χ2n) is 8.35. The largest absolute Gasteiger partial charge is 0.408 e. The Hall–Kier alpha value is -2.87. The third-order valence-electron chi connectivity index (χ3n) is 5.90. The lowest BCUT2D eigenvalue weighted by molar-refractivity contribution is -0.183. The van der Waals surface area contributed by atoms with Gasteiger partial charge in [0.2, 0.25) is 11.8 Å². The van der Waals surface area contributed by atoms with Crippen molar-refractivity contribution in [2.24, 2.45) is 11.8 Å². The van der Waals surface area contributed by atoms with Gasteiger partial charge < -0.3 is 15.7 Å². The average molecular weight is 448 g/mol. The number of aliphatic hydroxyl groups is 1. The van der Waals surface area contributed by atoms with E-state index in [1.165, 1.54) is 0 Å². The van der Waals surface area contributed by atoms with Crippen LogP contribution in [0.2, 0.25) is 0 Å². The number of carbonyl (C=O) groups is 2. The second-order valence-corrected chi connectivity index (χ2v) is 8.35. The van der Waals surface area contributed by atoms with Crippen LogP contribution >= 0.6 is 0 Å². The van der Waals surface area contributed by atoms with E-state index in [0.29, 0.717) is 0 Å². The monoisotopic (exact) mass is 448 g/mol. The van der Waals surface area contributed by atoms with E-state index >= 15 is 0 Å². The van der Waals surface area contributed by atoms with Crippen LogP contribution in [0, 0.1) is 25.7 Å². The quantitative estimate of drug-likeness (QED) is 0.592. The topological polar surface area (TPSA) is 78.4 Å². The Morgan fingerprint density at radius 3 is 2.00 bits per heavy atom. The van der Waals surface area contributed by atoms with E-state index in [-0.39, 0.29) is 12.8 Å². The van der Waals surface area contributed by atoms with E-state index in [9.17, 15) is 27.9 Å². The van der Waals surface area contributed by atoms with Gasteiger partial charge in [0.1, 0.15) is 12.0 Å². The Morgan fingerprint density at radius 2 is 1.56 bits per heavy atom. The van der Waals surface area contributed by atoms with Gasteiger partial charge in [0.05, 0.1) is 6.04 Å². The van der Waals surface area contributed by atoms with E-state index in [1.807, 2.05) is 67.7 Å². The number of nitrogens with one attached hydrogen (secondary N) is 2. The smallest absolute Gasteiger partial charge is 0.396 e. The third-order valence-corrected chi connectivity index (χ3v) is 5.90. The van der Waals surface area contributed by atoms with Crippen molar-refractivity contribution in [2.75, 3.05) is 6.61 Å². The summed E-state index contributed by atoms with van der Waals surface area (Å²) in [5.74, 6) is -3.95. The lowest BCUT2D eigenvalue weighted by atomic mass is 9.81. The Balaban J connectivity index is 1.86. The van der Waals surface area contributed by atoms with Crippen molar-refractivity contribution in [3.63, 3.8) is 0 Å². The molecule has 3 unspecified atom stereocenters. The van der Waals surface area contributed by atoms with Crippen molar-refractivity contribution < 1.29 is 27.9 Å². The average Bonchev–Trinajstić information content (AvgIpc) is 2.74. The van der Waals surface area contributed by atoms with Crippen LogP contribution < -0.4 is 10.6 Å². The number of aryl methyl sites for hydroxylation is 2. The summed E-state index contributed by atoms with van der Waals surface area (Å²) in [6.45, 7) is 3.42. The minimum Gasteiger partial charge on any atom is -0.396 e. The van der Waals surface area contributed by atoms with Crippen molar-refractivity contribution in [2.45, 2.75) is 44.9 Å². The standard InChI is InChI=1S/C24H27F3N2O3/c1-14-3-7-16(8-4-14)20(17-9-5-15(2)6-10-17)28-22(31)19-13-18(11-12-30)21(24(25,26)27)29-23(19)32/h3-10,18-21,30H,11-13H2,1-2H3,(H,28,31)(H,29,32). The number of alkyl halides is 3. The van der Waals surface area contributed by atoms with Crippen LogP contribution in [0.15, 0.2) is 48.5 Å². The van der Waals surface area contributed by atoms with Crippen LogP contribution in [-0.2, 0) is 9.59 Å². The summed E-state index contributed by atoms with van der Waals surface area (Å²) in [6.07, 6.45) is -5.09. The lowest BCUT2D eigenvalue weighted by Crippen LogP contribution is -2.59. The number of piperidine rings is 1. The number of hydrogen-bond donors (Lipinski definition) is 3. The fraction of sp³-hybridized carbons (Fsp3) is 0.417. The molecular formula is C24H27F3N2O3. The molecule has 2 amide bonds. The minimum atomic E-state index is -4.65. The van der Waals surface area contributed by atoms with E-state index in [2.05, 4.69) is 5.32 Å². The summed E-state index contributed by atoms with van der Waals surface area (Å²) in [5.41, 5.74) is 3.67. The predicted octanol–water partition coefficient (Wildman–Crippen LogP) is 3.57. The molecule has 1 aliphatic heterocycles. The maximum atomic E-state index is 13.3. The number of amides is 2. The maximum Gasteiger partial charge on any atom is 0.408 e. The molecule has 1 aliphatic rings. The second kappa shape index (κ2) is 9.73. The highest BCUT2D eigenvalue weighted by atomic mass is 19.4. The van der Waals surface area contributed by atoms with E-state index in [4.69, 9.17) is 0 Å². The van der Waals surface area contributed by atoms with Crippen LogP contribution in [0.25, 0.3) is 0 Å². The SMILES string of the molecule is Cc1ccc(C(NC(=O)C2CC(CCO)C(C(F)(F)F)NC2=O)c2ccc(C)cc2)cc1. The summed E-state index contributed by atoms with van der Waals surface area (Å²) >= 11 is 0. The van der Waals surface area contributed by atoms with Gasteiger partial charge in [-0.25, -0.2) is 0 Å². The minimum absolute atomic E-state index is 0.159. The van der Waals surface area contributed by atoms with Gasteiger partial charge in [0.25, 0.3) is 0 Å². The molecule has 2 aromatic carbocycles. The maximum absolute atomic E-state index is 13.3. The van der Waals surface area contributed by atoms with Gasteiger partial charge in [-0.2, -0.15) is 13.2 Å².